The SMILES string of the molecule is O=C(CN1CCOC1=O)N1CCC(CCn2cccn2)CC1. The number of ether oxygens (including phenoxy) is 1. The van der Waals surface area contributed by atoms with Crippen LogP contribution in [0.3, 0.4) is 0 Å². The smallest absolute Gasteiger partial charge is 0.410 e. The second kappa shape index (κ2) is 6.81. The van der Waals surface area contributed by atoms with Gasteiger partial charge in [0.15, 0.2) is 0 Å². The van der Waals surface area contributed by atoms with E-state index in [0.29, 0.717) is 19.1 Å². The number of hydrogen-bond donors (Lipinski definition) is 0. The molecule has 7 heteroatoms. The van der Waals surface area contributed by atoms with Gasteiger partial charge in [-0.25, -0.2) is 4.79 Å². The Kier molecular flexibility index (Phi) is 4.60. The summed E-state index contributed by atoms with van der Waals surface area (Å²) in [7, 11) is 0. The molecule has 0 aromatic carbocycles. The number of aryl methyl sites for hydroxylation is 1. The third-order valence-corrected chi connectivity index (χ3v) is 4.46. The van der Waals surface area contributed by atoms with Crippen LogP contribution in [-0.4, -0.2) is 64.4 Å². The standard InChI is InChI=1S/C15H22N4O3/c20-14(12-18-10-11-22-15(18)21)17-7-2-13(3-8-17)4-9-19-6-1-5-16-19/h1,5-6,13H,2-4,7-12H2. The van der Waals surface area contributed by atoms with E-state index in [2.05, 4.69) is 5.10 Å². The van der Waals surface area contributed by atoms with Crippen LogP contribution in [0.2, 0.25) is 0 Å². The number of rotatable bonds is 5. The van der Waals surface area contributed by atoms with E-state index in [1.807, 2.05) is 21.8 Å². The number of amides is 2. The van der Waals surface area contributed by atoms with Gasteiger partial charge in [0.1, 0.15) is 13.2 Å². The largest absolute Gasteiger partial charge is 0.448 e. The number of aromatic nitrogens is 2. The van der Waals surface area contributed by atoms with Gasteiger partial charge in [-0.2, -0.15) is 5.10 Å². The summed E-state index contributed by atoms with van der Waals surface area (Å²) in [5, 5.41) is 4.21. The van der Waals surface area contributed by atoms with Crippen molar-refractivity contribution >= 4 is 12.0 Å². The highest BCUT2D eigenvalue weighted by Crippen LogP contribution is 2.21. The van der Waals surface area contributed by atoms with Crippen molar-refractivity contribution in [1.29, 1.82) is 0 Å². The number of piperidine rings is 1. The topological polar surface area (TPSA) is 67.7 Å². The zero-order valence-corrected chi connectivity index (χ0v) is 12.7. The Morgan fingerprint density at radius 1 is 1.32 bits per heavy atom. The Morgan fingerprint density at radius 2 is 2.14 bits per heavy atom. The Morgan fingerprint density at radius 3 is 2.77 bits per heavy atom. The molecule has 3 heterocycles. The number of carbonyl (C=O) groups excluding carboxylic acids is 2. The summed E-state index contributed by atoms with van der Waals surface area (Å²) in [5.74, 6) is 0.675. The van der Waals surface area contributed by atoms with Crippen LogP contribution >= 0.6 is 0 Å². The Hall–Kier alpha value is -2.05. The molecule has 2 fully saturated rings. The van der Waals surface area contributed by atoms with Gasteiger partial charge in [-0.05, 0) is 31.2 Å². The highest BCUT2D eigenvalue weighted by atomic mass is 16.6. The predicted molar refractivity (Wildman–Crippen MR) is 79.1 cm³/mol. The molecule has 7 nitrogen and oxygen atoms in total. The van der Waals surface area contributed by atoms with E-state index in [0.717, 1.165) is 38.9 Å². The van der Waals surface area contributed by atoms with E-state index in [1.54, 1.807) is 6.20 Å². The molecule has 1 aromatic heterocycles. The van der Waals surface area contributed by atoms with Crippen molar-refractivity contribution in [3.63, 3.8) is 0 Å². The lowest BCUT2D eigenvalue weighted by molar-refractivity contribution is -0.133. The summed E-state index contributed by atoms with van der Waals surface area (Å²) >= 11 is 0. The van der Waals surface area contributed by atoms with E-state index in [-0.39, 0.29) is 18.5 Å². The fourth-order valence-electron chi connectivity index (χ4n) is 3.05. The molecule has 0 bridgehead atoms. The van der Waals surface area contributed by atoms with Crippen LogP contribution in [0, 0.1) is 5.92 Å². The van der Waals surface area contributed by atoms with Gasteiger partial charge in [-0.3, -0.25) is 14.4 Å². The molecule has 2 saturated heterocycles. The third-order valence-electron chi connectivity index (χ3n) is 4.46. The van der Waals surface area contributed by atoms with Crippen molar-refractivity contribution in [3.05, 3.63) is 18.5 Å². The Bertz CT molecular complexity index is 509. The van der Waals surface area contributed by atoms with Gasteiger partial charge in [-0.15, -0.1) is 0 Å². The molecule has 0 saturated carbocycles. The van der Waals surface area contributed by atoms with E-state index < -0.39 is 0 Å². The maximum absolute atomic E-state index is 12.2. The van der Waals surface area contributed by atoms with E-state index in [4.69, 9.17) is 4.74 Å². The summed E-state index contributed by atoms with van der Waals surface area (Å²) in [4.78, 5) is 26.9. The van der Waals surface area contributed by atoms with Crippen LogP contribution in [0.4, 0.5) is 4.79 Å². The first-order valence-corrected chi connectivity index (χ1v) is 7.89. The molecule has 2 aliphatic rings. The summed E-state index contributed by atoms with van der Waals surface area (Å²) in [6.45, 7) is 3.56. The van der Waals surface area contributed by atoms with Crippen molar-refractivity contribution in [2.24, 2.45) is 5.92 Å². The fraction of sp³-hybridized carbons (Fsp3) is 0.667. The van der Waals surface area contributed by atoms with Crippen molar-refractivity contribution in [2.45, 2.75) is 25.8 Å². The number of carbonyl (C=O) groups is 2. The molecule has 0 aliphatic carbocycles. The first-order valence-electron chi connectivity index (χ1n) is 7.89. The maximum atomic E-state index is 12.2. The lowest BCUT2D eigenvalue weighted by Crippen LogP contribution is -2.44. The quantitative estimate of drug-likeness (QED) is 0.813. The summed E-state index contributed by atoms with van der Waals surface area (Å²) in [5.41, 5.74) is 0. The second-order valence-electron chi connectivity index (χ2n) is 5.92. The van der Waals surface area contributed by atoms with Gasteiger partial charge in [0.05, 0.1) is 6.54 Å². The van der Waals surface area contributed by atoms with Crippen molar-refractivity contribution < 1.29 is 14.3 Å². The molecular weight excluding hydrogens is 284 g/mol. The summed E-state index contributed by atoms with van der Waals surface area (Å²) in [6, 6.07) is 1.94. The molecule has 0 N–H and O–H groups in total. The van der Waals surface area contributed by atoms with Crippen LogP contribution in [0.5, 0.6) is 0 Å². The number of nitrogens with zero attached hydrogens (tertiary/aromatic N) is 4. The monoisotopic (exact) mass is 306 g/mol. The lowest BCUT2D eigenvalue weighted by Gasteiger charge is -2.32. The zero-order valence-electron chi connectivity index (χ0n) is 12.7. The van der Waals surface area contributed by atoms with E-state index in [9.17, 15) is 9.59 Å². The molecule has 0 spiro atoms. The van der Waals surface area contributed by atoms with Crippen LogP contribution < -0.4 is 0 Å². The average molecular weight is 306 g/mol. The molecular formula is C15H22N4O3. The molecule has 0 radical (unpaired) electrons. The number of hydrogen-bond acceptors (Lipinski definition) is 4. The molecule has 2 amide bonds. The normalized spacial score (nSPS) is 19.5. The Labute approximate surface area is 129 Å². The van der Waals surface area contributed by atoms with E-state index in [1.165, 1.54) is 4.90 Å². The number of likely N-dealkylation sites (tertiary alicyclic amines) is 1. The van der Waals surface area contributed by atoms with Gasteiger partial charge in [0.2, 0.25) is 5.91 Å². The molecule has 3 rings (SSSR count). The third kappa shape index (κ3) is 3.58. The second-order valence-corrected chi connectivity index (χ2v) is 5.92. The molecule has 120 valence electrons. The van der Waals surface area contributed by atoms with Gasteiger partial charge < -0.3 is 9.64 Å². The first-order chi connectivity index (χ1) is 10.7. The molecule has 22 heavy (non-hydrogen) atoms. The van der Waals surface area contributed by atoms with Gasteiger partial charge in [-0.1, -0.05) is 0 Å². The minimum atomic E-state index is -0.373. The summed E-state index contributed by atoms with van der Waals surface area (Å²) < 4.78 is 6.80. The zero-order chi connectivity index (χ0) is 15.4. The fourth-order valence-corrected chi connectivity index (χ4v) is 3.05. The van der Waals surface area contributed by atoms with Crippen LogP contribution in [-0.2, 0) is 16.1 Å². The molecule has 0 unspecified atom stereocenters. The molecule has 2 aliphatic heterocycles. The highest BCUT2D eigenvalue weighted by Gasteiger charge is 2.28. The van der Waals surface area contributed by atoms with Gasteiger partial charge >= 0.3 is 6.09 Å². The lowest BCUT2D eigenvalue weighted by atomic mass is 9.93. The van der Waals surface area contributed by atoms with Gasteiger partial charge in [0.25, 0.3) is 0 Å². The minimum Gasteiger partial charge on any atom is -0.448 e. The molecule has 0 atom stereocenters. The predicted octanol–water partition coefficient (Wildman–Crippen LogP) is 0.964. The van der Waals surface area contributed by atoms with Crippen LogP contribution in [0.15, 0.2) is 18.5 Å². The maximum Gasteiger partial charge on any atom is 0.410 e. The van der Waals surface area contributed by atoms with Crippen LogP contribution in [0.1, 0.15) is 19.3 Å². The highest BCUT2D eigenvalue weighted by molar-refractivity contribution is 5.82. The summed E-state index contributed by atoms with van der Waals surface area (Å²) in [6.07, 6.45) is 6.55. The average Bonchev–Trinajstić information content (AvgIpc) is 3.18. The minimum absolute atomic E-state index is 0.0318. The van der Waals surface area contributed by atoms with E-state index >= 15 is 0 Å². The van der Waals surface area contributed by atoms with Crippen molar-refractivity contribution in [1.82, 2.24) is 19.6 Å². The number of cyclic esters (lactones) is 1. The van der Waals surface area contributed by atoms with Gasteiger partial charge in [0, 0.05) is 32.0 Å². The molecule has 1 aromatic rings. The first kappa shape index (κ1) is 14.9. The van der Waals surface area contributed by atoms with Crippen molar-refractivity contribution in [3.8, 4) is 0 Å². The Balaban J connectivity index is 1.39. The van der Waals surface area contributed by atoms with Crippen molar-refractivity contribution in [2.75, 3.05) is 32.8 Å². The van der Waals surface area contributed by atoms with Crippen LogP contribution in [0.25, 0.3) is 0 Å².